The molecule has 0 aromatic carbocycles. The fourth-order valence-electron chi connectivity index (χ4n) is 4.60. The van der Waals surface area contributed by atoms with E-state index in [0.717, 1.165) is 59.4 Å². The summed E-state index contributed by atoms with van der Waals surface area (Å²) in [5.41, 5.74) is 4.92. The molecule has 0 bridgehead atoms. The summed E-state index contributed by atoms with van der Waals surface area (Å²) >= 11 is 0. The normalized spacial score (nSPS) is 17.1. The van der Waals surface area contributed by atoms with E-state index in [1.807, 2.05) is 60.9 Å². The number of anilines is 1. The summed E-state index contributed by atoms with van der Waals surface area (Å²) in [6.07, 6.45) is 6.70. The number of nitrogens with one attached hydrogen (secondary N) is 1. The van der Waals surface area contributed by atoms with Crippen LogP contribution in [0.4, 0.5) is 5.95 Å². The van der Waals surface area contributed by atoms with Crippen molar-refractivity contribution in [1.29, 1.82) is 0 Å². The third-order valence-corrected chi connectivity index (χ3v) is 6.49. The lowest BCUT2D eigenvalue weighted by molar-refractivity contribution is 0.351. The van der Waals surface area contributed by atoms with Crippen molar-refractivity contribution in [2.45, 2.75) is 25.3 Å². The molecule has 1 saturated heterocycles. The number of pyridine rings is 2. The third-order valence-electron chi connectivity index (χ3n) is 6.49. The molecule has 1 aliphatic heterocycles. The first-order chi connectivity index (χ1) is 17.1. The van der Waals surface area contributed by atoms with E-state index in [1.165, 1.54) is 0 Å². The molecule has 35 heavy (non-hydrogen) atoms. The highest BCUT2D eigenvalue weighted by Gasteiger charge is 2.25. The molecule has 0 saturated carbocycles. The van der Waals surface area contributed by atoms with Gasteiger partial charge in [0.1, 0.15) is 17.1 Å². The second kappa shape index (κ2) is 8.92. The number of likely N-dealkylation sites (tertiary alicyclic amines) is 1. The van der Waals surface area contributed by atoms with Crippen LogP contribution in [0.3, 0.4) is 0 Å². The van der Waals surface area contributed by atoms with Crippen molar-refractivity contribution in [3.63, 3.8) is 0 Å². The lowest BCUT2D eigenvalue weighted by atomic mass is 10.1. The van der Waals surface area contributed by atoms with E-state index < -0.39 is 0 Å². The van der Waals surface area contributed by atoms with Gasteiger partial charge in [-0.3, -0.25) is 0 Å². The Hall–Kier alpha value is -4.11. The molecule has 9 heteroatoms. The van der Waals surface area contributed by atoms with Gasteiger partial charge in [-0.25, -0.2) is 19.9 Å². The standard InChI is InChI=1S/C26H26N8O/c1-17(23-15-28-25-8-3-4-12-34(23)25)29-26-27-11-9-21(31-26)19-6-5-7-20(30-19)22-14-24(35-32-22)18-10-13-33(2)16-18/h3-9,11-12,14-15,17-18H,10,13,16H2,1-2H3,(H,27,29,31)/t17-,18-/m1/s1. The Labute approximate surface area is 202 Å². The fraction of sp³-hybridized carbons (Fsp3) is 0.269. The van der Waals surface area contributed by atoms with E-state index in [1.54, 1.807) is 6.20 Å². The number of hydrogen-bond donors (Lipinski definition) is 1. The van der Waals surface area contributed by atoms with Gasteiger partial charge in [0, 0.05) is 30.9 Å². The number of aromatic nitrogens is 6. The van der Waals surface area contributed by atoms with Crippen molar-refractivity contribution in [2.75, 3.05) is 25.5 Å². The summed E-state index contributed by atoms with van der Waals surface area (Å²) in [6.45, 7) is 4.14. The first-order valence-corrected chi connectivity index (χ1v) is 11.8. The Morgan fingerprint density at radius 3 is 2.71 bits per heavy atom. The van der Waals surface area contributed by atoms with Crippen molar-refractivity contribution in [3.8, 4) is 22.8 Å². The molecule has 5 aromatic heterocycles. The molecule has 0 unspecified atom stereocenters. The van der Waals surface area contributed by atoms with Crippen molar-refractivity contribution in [3.05, 3.63) is 78.6 Å². The minimum absolute atomic E-state index is 0.0369. The van der Waals surface area contributed by atoms with E-state index >= 15 is 0 Å². The Morgan fingerprint density at radius 2 is 1.86 bits per heavy atom. The summed E-state index contributed by atoms with van der Waals surface area (Å²) in [6, 6.07) is 15.6. The van der Waals surface area contributed by atoms with E-state index in [2.05, 4.69) is 43.7 Å². The Balaban J connectivity index is 1.23. The van der Waals surface area contributed by atoms with Gasteiger partial charge in [0.15, 0.2) is 0 Å². The highest BCUT2D eigenvalue weighted by molar-refractivity contribution is 5.62. The Morgan fingerprint density at radius 1 is 1.00 bits per heavy atom. The molecule has 5 aromatic rings. The van der Waals surface area contributed by atoms with Gasteiger partial charge in [-0.1, -0.05) is 17.3 Å². The highest BCUT2D eigenvalue weighted by Crippen LogP contribution is 2.30. The topological polar surface area (TPSA) is 97.3 Å². The van der Waals surface area contributed by atoms with Crippen molar-refractivity contribution in [2.24, 2.45) is 0 Å². The number of fused-ring (bicyclic) bond motifs is 1. The quantitative estimate of drug-likeness (QED) is 0.392. The summed E-state index contributed by atoms with van der Waals surface area (Å²) in [5, 5.41) is 7.68. The van der Waals surface area contributed by atoms with Gasteiger partial charge >= 0.3 is 0 Å². The lowest BCUT2D eigenvalue weighted by Crippen LogP contribution is -2.13. The molecule has 9 nitrogen and oxygen atoms in total. The molecule has 1 N–H and O–H groups in total. The van der Waals surface area contributed by atoms with Gasteiger partial charge < -0.3 is 19.1 Å². The number of nitrogens with zero attached hydrogens (tertiary/aromatic N) is 7. The van der Waals surface area contributed by atoms with Crippen LogP contribution < -0.4 is 5.32 Å². The molecule has 0 radical (unpaired) electrons. The zero-order valence-electron chi connectivity index (χ0n) is 19.7. The first-order valence-electron chi connectivity index (χ1n) is 11.8. The van der Waals surface area contributed by atoms with Gasteiger partial charge in [0.2, 0.25) is 5.95 Å². The minimum Gasteiger partial charge on any atom is -0.360 e. The summed E-state index contributed by atoms with van der Waals surface area (Å²) in [4.78, 5) is 20.7. The molecular formula is C26H26N8O. The van der Waals surface area contributed by atoms with Crippen LogP contribution in [0.2, 0.25) is 0 Å². The van der Waals surface area contributed by atoms with Crippen molar-refractivity contribution >= 4 is 11.6 Å². The Kier molecular flexibility index (Phi) is 5.46. The largest absolute Gasteiger partial charge is 0.360 e. The smallest absolute Gasteiger partial charge is 0.223 e. The molecule has 6 rings (SSSR count). The third kappa shape index (κ3) is 4.26. The minimum atomic E-state index is -0.0369. The van der Waals surface area contributed by atoms with Crippen LogP contribution in [0.5, 0.6) is 0 Å². The number of likely N-dealkylation sites (N-methyl/N-ethyl adjacent to an activating group) is 1. The van der Waals surface area contributed by atoms with E-state index in [0.29, 0.717) is 11.9 Å². The molecule has 176 valence electrons. The van der Waals surface area contributed by atoms with Gasteiger partial charge in [-0.05, 0) is 57.3 Å². The van der Waals surface area contributed by atoms with Crippen LogP contribution in [0.1, 0.15) is 36.8 Å². The zero-order valence-corrected chi connectivity index (χ0v) is 19.7. The first kappa shape index (κ1) is 21.4. The lowest BCUT2D eigenvalue weighted by Gasteiger charge is -2.14. The van der Waals surface area contributed by atoms with Crippen LogP contribution in [0, 0.1) is 0 Å². The Bertz CT molecular complexity index is 1480. The van der Waals surface area contributed by atoms with Crippen LogP contribution >= 0.6 is 0 Å². The summed E-state index contributed by atoms with van der Waals surface area (Å²) in [7, 11) is 2.13. The van der Waals surface area contributed by atoms with Gasteiger partial charge in [0.25, 0.3) is 0 Å². The van der Waals surface area contributed by atoms with Crippen LogP contribution in [-0.4, -0.2) is 54.5 Å². The van der Waals surface area contributed by atoms with Crippen molar-refractivity contribution < 1.29 is 4.52 Å². The maximum Gasteiger partial charge on any atom is 0.223 e. The molecule has 6 heterocycles. The molecule has 1 fully saturated rings. The second-order valence-electron chi connectivity index (χ2n) is 9.01. The number of imidazole rings is 1. The van der Waals surface area contributed by atoms with E-state index in [4.69, 9.17) is 14.5 Å². The monoisotopic (exact) mass is 466 g/mol. The second-order valence-corrected chi connectivity index (χ2v) is 9.01. The number of hydrogen-bond acceptors (Lipinski definition) is 8. The maximum absolute atomic E-state index is 5.67. The van der Waals surface area contributed by atoms with Crippen molar-refractivity contribution in [1.82, 2.24) is 34.4 Å². The number of rotatable bonds is 6. The SMILES string of the molecule is C[C@@H](Nc1nccc(-c2cccc(-c3cc([C@@H]4CCN(C)C4)on3)n2)n1)c1cnc2ccccn12. The van der Waals surface area contributed by atoms with Gasteiger partial charge in [0.05, 0.1) is 35.0 Å². The van der Waals surface area contributed by atoms with E-state index in [9.17, 15) is 0 Å². The molecule has 0 aliphatic carbocycles. The fourth-order valence-corrected chi connectivity index (χ4v) is 4.60. The van der Waals surface area contributed by atoms with Crippen LogP contribution in [0.25, 0.3) is 28.4 Å². The zero-order chi connectivity index (χ0) is 23.8. The van der Waals surface area contributed by atoms with Crippen LogP contribution in [0.15, 0.2) is 71.6 Å². The molecule has 0 amide bonds. The predicted molar refractivity (Wildman–Crippen MR) is 133 cm³/mol. The highest BCUT2D eigenvalue weighted by atomic mass is 16.5. The molecule has 0 spiro atoms. The van der Waals surface area contributed by atoms with Gasteiger partial charge in [-0.2, -0.15) is 0 Å². The molecular weight excluding hydrogens is 440 g/mol. The molecule has 2 atom stereocenters. The summed E-state index contributed by atoms with van der Waals surface area (Å²) in [5.74, 6) is 1.84. The predicted octanol–water partition coefficient (Wildman–Crippen LogP) is 4.43. The molecule has 1 aliphatic rings. The van der Waals surface area contributed by atoms with Crippen LogP contribution in [-0.2, 0) is 0 Å². The van der Waals surface area contributed by atoms with Gasteiger partial charge in [-0.15, -0.1) is 0 Å². The summed E-state index contributed by atoms with van der Waals surface area (Å²) < 4.78 is 7.72. The maximum atomic E-state index is 5.67. The van der Waals surface area contributed by atoms with E-state index in [-0.39, 0.29) is 6.04 Å². The average Bonchev–Trinajstić information content (AvgIpc) is 3.64. The average molecular weight is 467 g/mol.